The number of aromatic hydroxyl groups is 1. The van der Waals surface area contributed by atoms with E-state index in [1.54, 1.807) is 49.4 Å². The maximum absolute atomic E-state index is 14.3. The van der Waals surface area contributed by atoms with Crippen LogP contribution in [-0.2, 0) is 84.8 Å². The molecule has 0 radical (unpaired) electrons. The summed E-state index contributed by atoms with van der Waals surface area (Å²) >= 11 is 0.952. The van der Waals surface area contributed by atoms with Gasteiger partial charge in [0.2, 0.25) is 70.9 Å². The zero-order chi connectivity index (χ0) is 81.4. The standard InChI is InChI=1S/C74H113N19O18S/c1-2-59(97)91-73-43-77-29-31-79-45-74(85-34-33-84-73,46-80-32-30-78-44-73)92-63(101)21-12-20-62(100)86-52(37-48-22-24-50(94)25-23-48)56(95)18-8-3-4-9-19-61(99)88-55(67(75)106)42-112-58-40-65(103)93(71(58)110)35-26-60(98)81-27-11-10-16-49-38-57(96)53(36-47-14-6-5-7-15-47)90-70(109)54(39-66(104)105)87-64(102)41-83-69(108)51(89-68(49)107)17-13-28-82-72(76)111/h5-7,14-15,22-25,49,51-55,58,77-80,84-85,94H,2-4,8-13,16-21,26-46H2,1H3,(H2,75,106)(H,81,98)(H,83,108)(H,86,100)(H,87,102)(H,88,99)(H,89,107)(H,90,109)(H,91,97)(H,92,101)(H,104,105)(H3,76,82,111)/t49?,51-,52-,53+,54+,55?,58?,73?,74?/m0/s1. The highest BCUT2D eigenvalue weighted by Gasteiger charge is 2.41. The number of hydrogen-bond acceptors (Lipinski definition) is 24. The van der Waals surface area contributed by atoms with Crippen LogP contribution < -0.4 is 96.5 Å². The number of hydrogen-bond donors (Lipinski definition) is 20. The minimum Gasteiger partial charge on any atom is -0.508 e. The van der Waals surface area contributed by atoms with Gasteiger partial charge in [0.1, 0.15) is 35.2 Å². The number of carbonyl (C=O) groups is 16. The number of rotatable bonds is 39. The van der Waals surface area contributed by atoms with Gasteiger partial charge in [-0.3, -0.25) is 87.5 Å². The van der Waals surface area contributed by atoms with Gasteiger partial charge in [-0.2, -0.15) is 0 Å². The van der Waals surface area contributed by atoms with E-state index in [2.05, 4.69) is 85.1 Å². The topological polar surface area (TPSA) is 561 Å². The van der Waals surface area contributed by atoms with E-state index in [1.807, 2.05) is 0 Å². The number of carboxylic acids is 1. The van der Waals surface area contributed by atoms with Crippen molar-refractivity contribution in [1.29, 1.82) is 0 Å². The van der Waals surface area contributed by atoms with E-state index in [9.17, 15) is 86.9 Å². The van der Waals surface area contributed by atoms with E-state index in [4.69, 9.17) is 11.5 Å². The largest absolute Gasteiger partial charge is 0.508 e. The molecular formula is C74H113N19O18S. The van der Waals surface area contributed by atoms with Crippen LogP contribution in [0.3, 0.4) is 0 Å². The fourth-order valence-electron chi connectivity index (χ4n) is 13.2. The van der Waals surface area contributed by atoms with Gasteiger partial charge in [-0.15, -0.1) is 11.8 Å². The van der Waals surface area contributed by atoms with Gasteiger partial charge in [0.25, 0.3) is 0 Å². The summed E-state index contributed by atoms with van der Waals surface area (Å²) < 4.78 is 0. The Kier molecular flexibility index (Phi) is 39.3. The van der Waals surface area contributed by atoms with Crippen molar-refractivity contribution in [2.45, 2.75) is 189 Å². The summed E-state index contributed by atoms with van der Waals surface area (Å²) in [4.78, 5) is 212. The molecule has 2 bridgehead atoms. The number of thioether (sulfide) groups is 1. The number of Topliss-reactive ketones (excluding diaryl/α,β-unsaturated/α-hetero) is 2. The molecule has 38 heteroatoms. The lowest BCUT2D eigenvalue weighted by Crippen LogP contribution is -2.73. The number of unbranched alkanes of at least 4 members (excludes halogenated alkanes) is 4. The second kappa shape index (κ2) is 48.2. The van der Waals surface area contributed by atoms with Crippen LogP contribution in [0.25, 0.3) is 0 Å². The lowest BCUT2D eigenvalue weighted by atomic mass is 9.90. The number of phenols is 1. The normalized spacial score (nSPS) is 22.4. The second-order valence-corrected chi connectivity index (χ2v) is 29.7. The molecule has 6 rings (SSSR count). The Balaban J connectivity index is 0.921. The van der Waals surface area contributed by atoms with Gasteiger partial charge in [-0.1, -0.05) is 68.7 Å². The third kappa shape index (κ3) is 33.3. The van der Waals surface area contributed by atoms with E-state index >= 15 is 0 Å². The minimum absolute atomic E-state index is 0.0000300. The third-order valence-corrected chi connectivity index (χ3v) is 20.6. The maximum Gasteiger partial charge on any atom is 0.312 e. The monoisotopic (exact) mass is 1590 g/mol. The molecule has 618 valence electrons. The first-order chi connectivity index (χ1) is 53.6. The Bertz CT molecular complexity index is 3530. The fourth-order valence-corrected chi connectivity index (χ4v) is 14.4. The highest BCUT2D eigenvalue weighted by atomic mass is 32.2. The molecule has 0 aromatic heterocycles. The zero-order valence-corrected chi connectivity index (χ0v) is 64.4. The van der Waals surface area contributed by atoms with E-state index in [0.29, 0.717) is 109 Å². The van der Waals surface area contributed by atoms with Crippen molar-refractivity contribution in [1.82, 2.24) is 90.0 Å². The molecule has 112 heavy (non-hydrogen) atoms. The molecule has 4 heterocycles. The van der Waals surface area contributed by atoms with Crippen molar-refractivity contribution >= 4 is 106 Å². The van der Waals surface area contributed by atoms with Gasteiger partial charge < -0.3 is 96.1 Å². The van der Waals surface area contributed by atoms with Crippen LogP contribution in [0.15, 0.2) is 54.6 Å². The first-order valence-electron chi connectivity index (χ1n) is 38.5. The average Bonchev–Trinajstić information content (AvgIpc) is 1.65. The van der Waals surface area contributed by atoms with Crippen molar-refractivity contribution in [2.75, 3.05) is 97.4 Å². The lowest BCUT2D eigenvalue weighted by molar-refractivity contribution is -0.141. The number of imide groups is 1. The van der Waals surface area contributed by atoms with Crippen molar-refractivity contribution < 1.29 is 86.9 Å². The Morgan fingerprint density at radius 3 is 1.78 bits per heavy atom. The van der Waals surface area contributed by atoms with E-state index in [-0.39, 0.29) is 139 Å². The number of likely N-dealkylation sites (tertiary alicyclic amines) is 1. The van der Waals surface area contributed by atoms with E-state index in [1.165, 1.54) is 12.1 Å². The number of nitrogens with zero attached hydrogens (tertiary/aromatic N) is 1. The van der Waals surface area contributed by atoms with E-state index < -0.39 is 149 Å². The Labute approximate surface area is 655 Å². The number of nitrogens with one attached hydrogen (secondary N) is 16. The van der Waals surface area contributed by atoms with Crippen molar-refractivity contribution in [3.05, 3.63) is 65.7 Å². The smallest absolute Gasteiger partial charge is 0.312 e. The number of urea groups is 1. The predicted octanol–water partition coefficient (Wildman–Crippen LogP) is -4.07. The molecule has 0 aliphatic carbocycles. The molecule has 4 aliphatic rings. The molecule has 2 aromatic rings. The first-order valence-corrected chi connectivity index (χ1v) is 39.5. The van der Waals surface area contributed by atoms with Gasteiger partial charge in [-0.05, 0) is 81.0 Å². The molecule has 0 saturated carbocycles. The maximum atomic E-state index is 14.3. The summed E-state index contributed by atoms with van der Waals surface area (Å²) in [6.07, 6.45) is 1.26. The third-order valence-electron chi connectivity index (χ3n) is 19.4. The number of fused-ring (bicyclic) bond motifs is 5. The van der Waals surface area contributed by atoms with Crippen molar-refractivity contribution in [2.24, 2.45) is 17.4 Å². The number of carbonyl (C=O) groups excluding carboxylic acids is 15. The van der Waals surface area contributed by atoms with Gasteiger partial charge in [0, 0.05) is 148 Å². The Hall–Kier alpha value is -9.73. The Morgan fingerprint density at radius 1 is 0.571 bits per heavy atom. The molecule has 37 nitrogen and oxygen atoms in total. The first kappa shape index (κ1) is 91.1. The number of aliphatic carboxylic acids is 1. The van der Waals surface area contributed by atoms with Crippen LogP contribution in [0.4, 0.5) is 4.79 Å². The molecule has 3 unspecified atom stereocenters. The number of carboxylic acid groups (broad SMARTS) is 1. The van der Waals surface area contributed by atoms with Gasteiger partial charge in [0.05, 0.1) is 30.3 Å². The molecule has 4 fully saturated rings. The number of nitrogens with two attached hydrogens (primary N) is 2. The molecule has 0 spiro atoms. The summed E-state index contributed by atoms with van der Waals surface area (Å²) in [6, 6.07) is 7.61. The summed E-state index contributed by atoms with van der Waals surface area (Å²) in [5.74, 6) is -10.9. The number of phenolic OH excluding ortho intramolecular Hbond substituents is 1. The highest BCUT2D eigenvalue weighted by Crippen LogP contribution is 2.27. The van der Waals surface area contributed by atoms with Crippen LogP contribution >= 0.6 is 11.8 Å². The van der Waals surface area contributed by atoms with Crippen molar-refractivity contribution in [3.63, 3.8) is 0 Å². The van der Waals surface area contributed by atoms with Crippen LogP contribution in [0.2, 0.25) is 0 Å². The summed E-state index contributed by atoms with van der Waals surface area (Å²) in [7, 11) is 0. The second-order valence-electron chi connectivity index (χ2n) is 28.5. The van der Waals surface area contributed by atoms with Crippen LogP contribution in [-0.4, -0.2) is 254 Å². The van der Waals surface area contributed by atoms with Crippen molar-refractivity contribution in [3.8, 4) is 5.75 Å². The predicted molar refractivity (Wildman–Crippen MR) is 411 cm³/mol. The SMILES string of the molecule is CCC(=O)NC12CNCCNCC(NC(=O)CCCC(=O)N[C@@H](Cc3ccc(O)cc3)C(=O)CCCCCCC(=O)NC(CSC3CC(=O)N(CCC(=O)NCCCCC4CC(=O)[C@@H](Cc5ccccc5)NC(=O)[C@@H](CC(=O)O)NC(=O)CNC(=O)[C@H](CCCNC(N)=O)NC4=O)C3=O)C(N)=O)(CNCCNC1)NCCN2. The van der Waals surface area contributed by atoms with Gasteiger partial charge in [0.15, 0.2) is 11.6 Å². The fraction of sp³-hybridized carbons (Fsp3) is 0.622. The number of primary amides is 2. The van der Waals surface area contributed by atoms with E-state index in [0.717, 1.165) is 16.7 Å². The summed E-state index contributed by atoms with van der Waals surface area (Å²) in [5, 5.41) is 66.2. The number of ketones is 2. The molecule has 4 saturated heterocycles. The number of benzene rings is 2. The summed E-state index contributed by atoms with van der Waals surface area (Å²) in [6.45, 7) is 5.91. The minimum atomic E-state index is -1.66. The molecule has 7 atom stereocenters. The van der Waals surface area contributed by atoms with Gasteiger partial charge >= 0.3 is 12.0 Å². The highest BCUT2D eigenvalue weighted by molar-refractivity contribution is 8.00. The molecule has 4 aliphatic heterocycles. The molecule has 22 N–H and O–H groups in total. The lowest BCUT2D eigenvalue weighted by Gasteiger charge is -2.41. The van der Waals surface area contributed by atoms with Gasteiger partial charge in [-0.25, -0.2) is 4.79 Å². The van der Waals surface area contributed by atoms with Crippen LogP contribution in [0.5, 0.6) is 5.75 Å². The molecular weight excluding hydrogens is 1470 g/mol. The quantitative estimate of drug-likeness (QED) is 0.0224. The Morgan fingerprint density at radius 2 is 1.16 bits per heavy atom. The summed E-state index contributed by atoms with van der Waals surface area (Å²) in [5.41, 5.74) is 10.5. The zero-order valence-electron chi connectivity index (χ0n) is 63.6. The molecule has 2 aromatic carbocycles. The average molecular weight is 1590 g/mol. The molecule has 14 amide bonds. The van der Waals surface area contributed by atoms with Crippen LogP contribution in [0.1, 0.15) is 140 Å². The number of amides is 14. The van der Waals surface area contributed by atoms with Crippen LogP contribution in [0, 0.1) is 5.92 Å².